The number of nitrogens with two attached hydrogens (primary N) is 1. The molecule has 0 aliphatic carbocycles. The summed E-state index contributed by atoms with van der Waals surface area (Å²) in [5, 5.41) is 7.99. The van der Waals surface area contributed by atoms with Crippen LogP contribution in [0.1, 0.15) is 16.1 Å². The molecule has 2 aromatic carbocycles. The van der Waals surface area contributed by atoms with Gasteiger partial charge in [-0.25, -0.2) is 13.6 Å². The van der Waals surface area contributed by atoms with Crippen molar-refractivity contribution >= 4 is 27.7 Å². The van der Waals surface area contributed by atoms with Crippen LogP contribution in [0.5, 0.6) is 0 Å². The molecule has 27 heavy (non-hydrogen) atoms. The van der Waals surface area contributed by atoms with E-state index in [-0.39, 0.29) is 17.0 Å². The first kappa shape index (κ1) is 19.1. The van der Waals surface area contributed by atoms with Crippen LogP contribution in [0.3, 0.4) is 0 Å². The molecule has 1 aromatic heterocycles. The molecule has 0 unspecified atom stereocenters. The third kappa shape index (κ3) is 5.16. The van der Waals surface area contributed by atoms with Crippen molar-refractivity contribution in [2.75, 3.05) is 0 Å². The van der Waals surface area contributed by atoms with E-state index in [1.807, 2.05) is 36.4 Å². The number of amides is 1. The summed E-state index contributed by atoms with van der Waals surface area (Å²) in [5.74, 6) is -0.399. The molecule has 0 saturated carbocycles. The number of nitrogens with zero attached hydrogens (tertiary/aromatic N) is 1. The fourth-order valence-electron chi connectivity index (χ4n) is 2.34. The predicted octanol–water partition coefficient (Wildman–Crippen LogP) is 2.81. The van der Waals surface area contributed by atoms with E-state index in [4.69, 9.17) is 5.14 Å². The summed E-state index contributed by atoms with van der Waals surface area (Å²) in [6, 6.07) is 19.2. The third-order valence-corrected chi connectivity index (χ3v) is 5.65. The highest BCUT2D eigenvalue weighted by molar-refractivity contribution is 7.99. The highest BCUT2D eigenvalue weighted by Crippen LogP contribution is 2.31. The number of aromatic nitrogens is 1. The molecular formula is C19H17N3O3S2. The van der Waals surface area contributed by atoms with E-state index >= 15 is 0 Å². The molecule has 6 nitrogen and oxygen atoms in total. The lowest BCUT2D eigenvalue weighted by molar-refractivity contribution is 0.0947. The molecular weight excluding hydrogens is 382 g/mol. The van der Waals surface area contributed by atoms with Crippen LogP contribution < -0.4 is 10.5 Å². The molecule has 0 saturated heterocycles. The SMILES string of the molecule is NS(=O)(=O)c1ccc(Sc2ccccc2)c(C(=O)NCc2ccccn2)c1. The second-order valence-corrected chi connectivity index (χ2v) is 8.30. The van der Waals surface area contributed by atoms with Gasteiger partial charge in [-0.2, -0.15) is 0 Å². The monoisotopic (exact) mass is 399 g/mol. The van der Waals surface area contributed by atoms with Gasteiger partial charge in [0, 0.05) is 16.0 Å². The molecule has 1 heterocycles. The summed E-state index contributed by atoms with van der Waals surface area (Å²) in [5.41, 5.74) is 0.942. The van der Waals surface area contributed by atoms with Gasteiger partial charge in [-0.1, -0.05) is 36.0 Å². The highest BCUT2D eigenvalue weighted by atomic mass is 32.2. The standard InChI is InChI=1S/C19H17N3O3S2/c20-27(24,25)16-9-10-18(26-15-7-2-1-3-8-15)17(12-16)19(23)22-13-14-6-4-5-11-21-14/h1-12H,13H2,(H,22,23)(H2,20,24,25). The number of primary sulfonamides is 1. The van der Waals surface area contributed by atoms with Gasteiger partial charge in [0.25, 0.3) is 5.91 Å². The summed E-state index contributed by atoms with van der Waals surface area (Å²) in [6.45, 7) is 0.231. The third-order valence-electron chi connectivity index (χ3n) is 3.65. The second-order valence-electron chi connectivity index (χ2n) is 5.62. The minimum Gasteiger partial charge on any atom is -0.346 e. The van der Waals surface area contributed by atoms with E-state index < -0.39 is 15.9 Å². The number of nitrogens with one attached hydrogen (secondary N) is 1. The normalized spacial score (nSPS) is 11.1. The van der Waals surface area contributed by atoms with Crippen LogP contribution in [0.25, 0.3) is 0 Å². The molecule has 0 atom stereocenters. The topological polar surface area (TPSA) is 102 Å². The fraction of sp³-hybridized carbons (Fsp3) is 0.0526. The number of carbonyl (C=O) groups is 1. The van der Waals surface area contributed by atoms with Crippen LogP contribution >= 0.6 is 11.8 Å². The molecule has 0 radical (unpaired) electrons. The Morgan fingerprint density at radius 3 is 2.44 bits per heavy atom. The molecule has 3 aromatic rings. The molecule has 0 fully saturated rings. The Morgan fingerprint density at radius 2 is 1.78 bits per heavy atom. The number of carbonyl (C=O) groups excluding carboxylic acids is 1. The lowest BCUT2D eigenvalue weighted by atomic mass is 10.2. The van der Waals surface area contributed by atoms with Crippen molar-refractivity contribution in [1.82, 2.24) is 10.3 Å². The number of sulfonamides is 1. The van der Waals surface area contributed by atoms with Gasteiger partial charge >= 0.3 is 0 Å². The first-order valence-corrected chi connectivity index (χ1v) is 10.4. The van der Waals surface area contributed by atoms with Gasteiger partial charge in [-0.3, -0.25) is 9.78 Å². The number of pyridine rings is 1. The fourth-order valence-corrected chi connectivity index (χ4v) is 3.82. The maximum atomic E-state index is 12.7. The molecule has 8 heteroatoms. The maximum absolute atomic E-state index is 12.7. The number of benzene rings is 2. The number of hydrogen-bond acceptors (Lipinski definition) is 5. The van der Waals surface area contributed by atoms with Crippen molar-refractivity contribution in [3.05, 3.63) is 84.2 Å². The van der Waals surface area contributed by atoms with Crippen LogP contribution in [-0.4, -0.2) is 19.3 Å². The van der Waals surface area contributed by atoms with Crippen LogP contribution in [0.2, 0.25) is 0 Å². The van der Waals surface area contributed by atoms with Gasteiger partial charge in [-0.15, -0.1) is 0 Å². The van der Waals surface area contributed by atoms with Crippen molar-refractivity contribution in [1.29, 1.82) is 0 Å². The van der Waals surface area contributed by atoms with Crippen LogP contribution in [0.15, 0.2) is 87.6 Å². The van der Waals surface area contributed by atoms with Gasteiger partial charge in [0.05, 0.1) is 22.7 Å². The van der Waals surface area contributed by atoms with Crippen molar-refractivity contribution in [3.63, 3.8) is 0 Å². The zero-order valence-corrected chi connectivity index (χ0v) is 15.8. The van der Waals surface area contributed by atoms with Crippen molar-refractivity contribution < 1.29 is 13.2 Å². The van der Waals surface area contributed by atoms with Gasteiger partial charge < -0.3 is 5.32 Å². The average Bonchev–Trinajstić information content (AvgIpc) is 2.67. The van der Waals surface area contributed by atoms with E-state index in [9.17, 15) is 13.2 Å². The van der Waals surface area contributed by atoms with E-state index in [0.717, 1.165) is 4.90 Å². The van der Waals surface area contributed by atoms with E-state index in [2.05, 4.69) is 10.3 Å². The van der Waals surface area contributed by atoms with Crippen LogP contribution in [0.4, 0.5) is 0 Å². The zero-order chi connectivity index (χ0) is 19.3. The molecule has 1 amide bonds. The Labute approximate surface area is 161 Å². The van der Waals surface area contributed by atoms with E-state index in [1.165, 1.54) is 23.9 Å². The molecule has 0 spiro atoms. The molecule has 0 bridgehead atoms. The minimum absolute atomic E-state index is 0.108. The molecule has 0 aliphatic heterocycles. The van der Waals surface area contributed by atoms with Gasteiger partial charge in [0.1, 0.15) is 0 Å². The Balaban J connectivity index is 1.90. The smallest absolute Gasteiger partial charge is 0.252 e. The molecule has 138 valence electrons. The van der Waals surface area contributed by atoms with E-state index in [1.54, 1.807) is 24.4 Å². The quantitative estimate of drug-likeness (QED) is 0.664. The molecule has 3 rings (SSSR count). The second kappa shape index (κ2) is 8.34. The largest absolute Gasteiger partial charge is 0.346 e. The van der Waals surface area contributed by atoms with Crippen LogP contribution in [0, 0.1) is 0 Å². The predicted molar refractivity (Wildman–Crippen MR) is 104 cm³/mol. The van der Waals surface area contributed by atoms with Crippen molar-refractivity contribution in [3.8, 4) is 0 Å². The van der Waals surface area contributed by atoms with Gasteiger partial charge in [-0.05, 0) is 42.5 Å². The average molecular weight is 399 g/mol. The highest BCUT2D eigenvalue weighted by Gasteiger charge is 2.17. The maximum Gasteiger partial charge on any atom is 0.252 e. The van der Waals surface area contributed by atoms with Crippen molar-refractivity contribution in [2.45, 2.75) is 21.2 Å². The molecule has 0 aliphatic rings. The van der Waals surface area contributed by atoms with Crippen LogP contribution in [-0.2, 0) is 16.6 Å². The zero-order valence-electron chi connectivity index (χ0n) is 14.2. The van der Waals surface area contributed by atoms with Crippen molar-refractivity contribution in [2.24, 2.45) is 5.14 Å². The Bertz CT molecular complexity index is 1040. The lowest BCUT2D eigenvalue weighted by Gasteiger charge is -2.11. The van der Waals surface area contributed by atoms with Gasteiger partial charge in [0.15, 0.2) is 0 Å². The summed E-state index contributed by atoms with van der Waals surface area (Å²) < 4.78 is 23.4. The Kier molecular flexibility index (Phi) is 5.90. The summed E-state index contributed by atoms with van der Waals surface area (Å²) in [7, 11) is -3.92. The first-order chi connectivity index (χ1) is 12.9. The Hall–Kier alpha value is -2.68. The minimum atomic E-state index is -3.92. The summed E-state index contributed by atoms with van der Waals surface area (Å²) >= 11 is 1.37. The van der Waals surface area contributed by atoms with E-state index in [0.29, 0.717) is 10.6 Å². The first-order valence-electron chi connectivity index (χ1n) is 8.01. The summed E-state index contributed by atoms with van der Waals surface area (Å²) in [4.78, 5) is 18.3. The number of rotatable bonds is 6. The Morgan fingerprint density at radius 1 is 1.04 bits per heavy atom. The number of hydrogen-bond donors (Lipinski definition) is 2. The lowest BCUT2D eigenvalue weighted by Crippen LogP contribution is -2.24. The molecule has 3 N–H and O–H groups in total. The summed E-state index contributed by atoms with van der Waals surface area (Å²) in [6.07, 6.45) is 1.64. The van der Waals surface area contributed by atoms with Gasteiger partial charge in [0.2, 0.25) is 10.0 Å².